The van der Waals surface area contributed by atoms with Gasteiger partial charge in [-0.05, 0) is 50.9 Å². The van der Waals surface area contributed by atoms with E-state index in [9.17, 15) is 19.2 Å². The number of carbonyl (C=O) groups excluding carboxylic acids is 4. The number of amides is 4. The minimum Gasteiger partial charge on any atom is -0.378 e. The first-order valence-electron chi connectivity index (χ1n) is 10.9. The lowest BCUT2D eigenvalue weighted by atomic mass is 10.0. The summed E-state index contributed by atoms with van der Waals surface area (Å²) < 4.78 is 5.84. The maximum Gasteiger partial charge on any atom is 0.255 e. The van der Waals surface area contributed by atoms with Crippen LogP contribution in [0, 0.1) is 0 Å². The molecule has 4 amide bonds. The fourth-order valence-corrected chi connectivity index (χ4v) is 4.36. The molecule has 3 heterocycles. The van der Waals surface area contributed by atoms with Crippen molar-refractivity contribution in [2.24, 2.45) is 0 Å². The van der Waals surface area contributed by atoms with E-state index in [-0.39, 0.29) is 49.2 Å². The van der Waals surface area contributed by atoms with Gasteiger partial charge in [-0.25, -0.2) is 0 Å². The van der Waals surface area contributed by atoms with Gasteiger partial charge in [0, 0.05) is 42.8 Å². The van der Waals surface area contributed by atoms with Crippen LogP contribution in [0.2, 0.25) is 0 Å². The van der Waals surface area contributed by atoms with Crippen molar-refractivity contribution in [3.63, 3.8) is 0 Å². The third-order valence-electron chi connectivity index (χ3n) is 6.04. The third kappa shape index (κ3) is 5.46. The highest BCUT2D eigenvalue weighted by Crippen LogP contribution is 2.32. The van der Waals surface area contributed by atoms with Gasteiger partial charge in [-0.2, -0.15) is 0 Å². The summed E-state index contributed by atoms with van der Waals surface area (Å²) in [6.45, 7) is 2.72. The first-order chi connectivity index (χ1) is 15.0. The van der Waals surface area contributed by atoms with Gasteiger partial charge in [0.1, 0.15) is 6.04 Å². The number of rotatable bonds is 7. The first-order valence-corrected chi connectivity index (χ1v) is 10.9. The van der Waals surface area contributed by atoms with Crippen molar-refractivity contribution in [2.45, 2.75) is 57.2 Å². The van der Waals surface area contributed by atoms with E-state index in [0.717, 1.165) is 25.9 Å². The number of carbonyl (C=O) groups is 4. The maximum absolute atomic E-state index is 12.8. The highest BCUT2D eigenvalue weighted by Gasteiger charge is 2.39. The van der Waals surface area contributed by atoms with Crippen molar-refractivity contribution in [2.75, 3.05) is 25.0 Å². The molecule has 4 rings (SSSR count). The Morgan fingerprint density at radius 3 is 2.69 bits per heavy atom. The molecule has 0 spiro atoms. The highest BCUT2D eigenvalue weighted by molar-refractivity contribution is 6.06. The molecule has 174 valence electrons. The van der Waals surface area contributed by atoms with Crippen LogP contribution in [0.25, 0.3) is 0 Å². The van der Waals surface area contributed by atoms with E-state index in [0.29, 0.717) is 42.7 Å². The lowest BCUT2D eigenvalue weighted by Gasteiger charge is -2.29. The number of hydrogen-bond acceptors (Lipinski definition) is 6. The third-order valence-corrected chi connectivity index (χ3v) is 6.04. The van der Waals surface area contributed by atoms with Crippen molar-refractivity contribution < 1.29 is 23.9 Å². The summed E-state index contributed by atoms with van der Waals surface area (Å²) in [6, 6.07) is 4.52. The summed E-state index contributed by atoms with van der Waals surface area (Å²) in [5.41, 5.74) is 1.78. The van der Waals surface area contributed by atoms with Crippen LogP contribution in [0.1, 0.15) is 54.4 Å². The van der Waals surface area contributed by atoms with Crippen LogP contribution in [-0.2, 0) is 25.7 Å². The van der Waals surface area contributed by atoms with Crippen LogP contribution in [0.15, 0.2) is 18.2 Å². The van der Waals surface area contributed by atoms with Gasteiger partial charge in [0.25, 0.3) is 5.91 Å². The molecule has 9 nitrogen and oxygen atoms in total. The Kier molecular flexibility index (Phi) is 8.22. The summed E-state index contributed by atoms with van der Waals surface area (Å²) in [7, 11) is 0. The van der Waals surface area contributed by atoms with E-state index in [1.165, 1.54) is 4.90 Å². The molecule has 1 aromatic carbocycles. The summed E-state index contributed by atoms with van der Waals surface area (Å²) in [5, 5.41) is 8.49. The Labute approximate surface area is 193 Å². The number of piperidine rings is 2. The molecule has 3 aliphatic heterocycles. The number of imide groups is 1. The van der Waals surface area contributed by atoms with Gasteiger partial charge in [-0.15, -0.1) is 12.4 Å². The Bertz CT molecular complexity index is 887. The Hall–Kier alpha value is -2.49. The fraction of sp³-hybridized carbons (Fsp3) is 0.545. The average molecular weight is 465 g/mol. The van der Waals surface area contributed by atoms with Gasteiger partial charge in [0.05, 0.1) is 6.10 Å². The molecule has 2 saturated heterocycles. The molecule has 3 aliphatic rings. The number of hydrogen-bond donors (Lipinski definition) is 3. The minimum atomic E-state index is -0.673. The summed E-state index contributed by atoms with van der Waals surface area (Å²) in [5.74, 6) is -1.15. The van der Waals surface area contributed by atoms with Gasteiger partial charge in [-0.1, -0.05) is 6.07 Å². The number of fused-ring (bicyclic) bond motifs is 1. The van der Waals surface area contributed by atoms with Gasteiger partial charge >= 0.3 is 0 Å². The topological polar surface area (TPSA) is 117 Å². The van der Waals surface area contributed by atoms with Crippen LogP contribution in [0.5, 0.6) is 0 Å². The number of nitrogens with zero attached hydrogens (tertiary/aromatic N) is 1. The number of anilines is 1. The monoisotopic (exact) mass is 464 g/mol. The molecule has 0 bridgehead atoms. The molecular weight excluding hydrogens is 436 g/mol. The van der Waals surface area contributed by atoms with Crippen LogP contribution in [0.4, 0.5) is 5.69 Å². The Balaban J connectivity index is 0.00000289. The number of benzene rings is 1. The van der Waals surface area contributed by atoms with E-state index >= 15 is 0 Å². The number of ether oxygens (including phenoxy) is 1. The van der Waals surface area contributed by atoms with Crippen molar-refractivity contribution >= 4 is 41.7 Å². The van der Waals surface area contributed by atoms with Gasteiger partial charge < -0.3 is 20.3 Å². The van der Waals surface area contributed by atoms with Crippen LogP contribution < -0.4 is 16.0 Å². The molecule has 2 fully saturated rings. The van der Waals surface area contributed by atoms with E-state index in [2.05, 4.69) is 16.0 Å². The van der Waals surface area contributed by atoms with Gasteiger partial charge in [-0.3, -0.25) is 24.5 Å². The van der Waals surface area contributed by atoms with E-state index < -0.39 is 11.9 Å². The molecule has 0 aromatic heterocycles. The summed E-state index contributed by atoms with van der Waals surface area (Å²) >= 11 is 0. The van der Waals surface area contributed by atoms with Gasteiger partial charge in [0.15, 0.2) is 0 Å². The first kappa shape index (κ1) is 24.2. The molecule has 0 radical (unpaired) electrons. The molecule has 0 saturated carbocycles. The lowest BCUT2D eigenvalue weighted by molar-refractivity contribution is -0.137. The van der Waals surface area contributed by atoms with Crippen LogP contribution in [-0.4, -0.2) is 60.4 Å². The zero-order chi connectivity index (χ0) is 21.8. The molecule has 0 aliphatic carbocycles. The second kappa shape index (κ2) is 10.9. The molecule has 1 unspecified atom stereocenters. The number of nitrogens with one attached hydrogen (secondary N) is 3. The Morgan fingerprint density at radius 2 is 1.94 bits per heavy atom. The van der Waals surface area contributed by atoms with Gasteiger partial charge in [0.2, 0.25) is 17.7 Å². The predicted molar refractivity (Wildman–Crippen MR) is 119 cm³/mol. The summed E-state index contributed by atoms with van der Waals surface area (Å²) in [6.07, 6.45) is 3.75. The van der Waals surface area contributed by atoms with Crippen LogP contribution in [0.3, 0.4) is 0 Å². The largest absolute Gasteiger partial charge is 0.378 e. The van der Waals surface area contributed by atoms with Crippen molar-refractivity contribution in [1.29, 1.82) is 0 Å². The van der Waals surface area contributed by atoms with Crippen molar-refractivity contribution in [3.05, 3.63) is 29.3 Å². The zero-order valence-corrected chi connectivity index (χ0v) is 18.7. The van der Waals surface area contributed by atoms with Crippen molar-refractivity contribution in [3.8, 4) is 0 Å². The van der Waals surface area contributed by atoms with E-state index in [1.807, 2.05) is 0 Å². The minimum absolute atomic E-state index is 0. The molecule has 10 heteroatoms. The molecule has 1 atom stereocenters. The Morgan fingerprint density at radius 1 is 1.16 bits per heavy atom. The second-order valence-electron chi connectivity index (χ2n) is 8.20. The highest BCUT2D eigenvalue weighted by atomic mass is 35.5. The molecule has 3 N–H and O–H groups in total. The van der Waals surface area contributed by atoms with E-state index in [1.54, 1.807) is 18.2 Å². The average Bonchev–Trinajstić information content (AvgIpc) is 3.09. The van der Waals surface area contributed by atoms with Crippen LogP contribution >= 0.6 is 12.4 Å². The smallest absolute Gasteiger partial charge is 0.255 e. The normalized spacial score (nSPS) is 21.1. The molecular formula is C22H29ClN4O5. The van der Waals surface area contributed by atoms with E-state index in [4.69, 9.17) is 4.74 Å². The quantitative estimate of drug-likeness (QED) is 0.414. The SMILES string of the molecule is Cl.O=C1CCC(N2Cc3c(NC(=O)CCCOC4CCNCC4)cccc3C2=O)C(=O)N1. The maximum atomic E-state index is 12.8. The lowest BCUT2D eigenvalue weighted by Crippen LogP contribution is -2.52. The van der Waals surface area contributed by atoms with Crippen molar-refractivity contribution in [1.82, 2.24) is 15.5 Å². The number of halogens is 1. The zero-order valence-electron chi connectivity index (χ0n) is 17.9. The predicted octanol–water partition coefficient (Wildman–Crippen LogP) is 1.36. The fourth-order valence-electron chi connectivity index (χ4n) is 4.36. The summed E-state index contributed by atoms with van der Waals surface area (Å²) in [4.78, 5) is 50.4. The second-order valence-corrected chi connectivity index (χ2v) is 8.20. The standard InChI is InChI=1S/C22H28N4O5.ClH/c27-19(5-2-12-31-14-8-10-23-11-9-14)24-17-4-1-3-15-16(17)13-26(22(15)30)18-6-7-20(28)25-21(18)29;/h1,3-4,14,18,23H,2,5-13H2,(H,24,27)(H,25,28,29);1H. The molecule has 32 heavy (non-hydrogen) atoms. The molecule has 1 aromatic rings.